The lowest BCUT2D eigenvalue weighted by molar-refractivity contribution is 0.332. The molecule has 0 spiro atoms. The molecule has 0 radical (unpaired) electrons. The molecule has 0 unspecified atom stereocenters. The lowest BCUT2D eigenvalue weighted by Crippen LogP contribution is -2.39. The number of hydrogen-bond donors (Lipinski definition) is 1. The second-order valence-electron chi connectivity index (χ2n) is 5.26. The lowest BCUT2D eigenvalue weighted by Gasteiger charge is -2.22. The van der Waals surface area contributed by atoms with Gasteiger partial charge in [0.2, 0.25) is 0 Å². The van der Waals surface area contributed by atoms with Crippen LogP contribution >= 0.6 is 0 Å². The highest BCUT2D eigenvalue weighted by atomic mass is 16.2. The normalized spacial score (nSPS) is 16.7. The maximum atomic E-state index is 12.2. The third-order valence-electron chi connectivity index (χ3n) is 3.82. The van der Waals surface area contributed by atoms with Crippen molar-refractivity contribution in [2.75, 3.05) is 13.1 Å². The van der Waals surface area contributed by atoms with Crippen LogP contribution in [-0.4, -0.2) is 22.2 Å². The Balaban J connectivity index is 2.08. The minimum absolute atomic E-state index is 0.164. The molecule has 19 heavy (non-hydrogen) atoms. The van der Waals surface area contributed by atoms with E-state index in [0.29, 0.717) is 19.0 Å². The Bertz CT molecular complexity index is 512. The van der Waals surface area contributed by atoms with Crippen molar-refractivity contribution < 1.29 is 0 Å². The zero-order valence-electron chi connectivity index (χ0n) is 11.6. The number of nitrogens with one attached hydrogen (secondary N) is 1. The molecule has 1 aromatic heterocycles. The van der Waals surface area contributed by atoms with E-state index in [1.54, 1.807) is 10.8 Å². The van der Waals surface area contributed by atoms with Crippen molar-refractivity contribution in [3.63, 3.8) is 0 Å². The van der Waals surface area contributed by atoms with E-state index >= 15 is 0 Å². The fraction of sp³-hybridized carbons (Fsp3) is 0.714. The molecule has 1 aromatic rings. The van der Waals surface area contributed by atoms with Gasteiger partial charge in [0.05, 0.1) is 0 Å². The summed E-state index contributed by atoms with van der Waals surface area (Å²) in [5.41, 5.74) is -0.338. The molecule has 0 amide bonds. The van der Waals surface area contributed by atoms with Gasteiger partial charge in [0.1, 0.15) is 0 Å². The summed E-state index contributed by atoms with van der Waals surface area (Å²) in [6.45, 7) is 5.35. The van der Waals surface area contributed by atoms with Gasteiger partial charge in [-0.05, 0) is 44.7 Å². The Morgan fingerprint density at radius 3 is 2.68 bits per heavy atom. The van der Waals surface area contributed by atoms with Crippen LogP contribution in [0.3, 0.4) is 0 Å². The molecule has 1 saturated heterocycles. The van der Waals surface area contributed by atoms with Crippen LogP contribution in [0.5, 0.6) is 0 Å². The number of hydrogen-bond acceptors (Lipinski definition) is 3. The predicted octanol–water partition coefficient (Wildman–Crippen LogP) is 0.810. The van der Waals surface area contributed by atoms with Gasteiger partial charge in [-0.1, -0.05) is 6.92 Å². The van der Waals surface area contributed by atoms with E-state index in [-0.39, 0.29) is 11.2 Å². The Morgan fingerprint density at radius 1 is 1.26 bits per heavy atom. The third-order valence-corrected chi connectivity index (χ3v) is 3.82. The maximum Gasteiger partial charge on any atom is 0.330 e. The van der Waals surface area contributed by atoms with Crippen LogP contribution in [0.4, 0.5) is 0 Å². The molecular weight excluding hydrogens is 242 g/mol. The first-order valence-corrected chi connectivity index (χ1v) is 7.23. The second kappa shape index (κ2) is 6.70. The maximum absolute atomic E-state index is 12.2. The summed E-state index contributed by atoms with van der Waals surface area (Å²) in [6.07, 6.45) is 5.71. The van der Waals surface area contributed by atoms with Crippen LogP contribution in [0.2, 0.25) is 0 Å². The minimum atomic E-state index is -0.175. The molecule has 5 heteroatoms. The Labute approximate surface area is 113 Å². The molecule has 1 N–H and O–H groups in total. The van der Waals surface area contributed by atoms with Crippen molar-refractivity contribution in [2.45, 2.75) is 45.7 Å². The molecule has 0 aromatic carbocycles. The predicted molar refractivity (Wildman–Crippen MR) is 75.5 cm³/mol. The SMILES string of the molecule is CCCn1ccc(=O)n(CCC2CCNCC2)c1=O. The van der Waals surface area contributed by atoms with E-state index in [4.69, 9.17) is 0 Å². The number of aromatic nitrogens is 2. The zero-order valence-corrected chi connectivity index (χ0v) is 11.6. The quantitative estimate of drug-likeness (QED) is 0.857. The van der Waals surface area contributed by atoms with Gasteiger partial charge >= 0.3 is 5.69 Å². The first kappa shape index (κ1) is 14.1. The van der Waals surface area contributed by atoms with Crippen molar-refractivity contribution in [1.82, 2.24) is 14.5 Å². The average Bonchev–Trinajstić information content (AvgIpc) is 2.43. The summed E-state index contributed by atoms with van der Waals surface area (Å²) in [6, 6.07) is 1.50. The molecule has 1 aliphatic rings. The first-order valence-electron chi connectivity index (χ1n) is 7.23. The van der Waals surface area contributed by atoms with Gasteiger partial charge in [-0.15, -0.1) is 0 Å². The van der Waals surface area contributed by atoms with Crippen molar-refractivity contribution >= 4 is 0 Å². The molecule has 0 aliphatic carbocycles. The van der Waals surface area contributed by atoms with Crippen molar-refractivity contribution in [3.05, 3.63) is 33.1 Å². The Hall–Kier alpha value is -1.36. The largest absolute Gasteiger partial charge is 0.330 e. The molecule has 5 nitrogen and oxygen atoms in total. The lowest BCUT2D eigenvalue weighted by atomic mass is 9.95. The number of aryl methyl sites for hydroxylation is 1. The van der Waals surface area contributed by atoms with E-state index in [0.717, 1.165) is 38.8 Å². The molecule has 1 fully saturated rings. The summed E-state index contributed by atoms with van der Waals surface area (Å²) in [7, 11) is 0. The van der Waals surface area contributed by atoms with Gasteiger partial charge in [0, 0.05) is 25.4 Å². The van der Waals surface area contributed by atoms with Crippen LogP contribution in [0, 0.1) is 5.92 Å². The van der Waals surface area contributed by atoms with Crippen LogP contribution in [0.15, 0.2) is 21.9 Å². The summed E-state index contributed by atoms with van der Waals surface area (Å²) >= 11 is 0. The average molecular weight is 265 g/mol. The van der Waals surface area contributed by atoms with Crippen molar-refractivity contribution in [1.29, 1.82) is 0 Å². The Morgan fingerprint density at radius 2 is 2.00 bits per heavy atom. The second-order valence-corrected chi connectivity index (χ2v) is 5.26. The summed E-state index contributed by atoms with van der Waals surface area (Å²) in [5, 5.41) is 3.33. The molecule has 0 atom stereocenters. The fourth-order valence-electron chi connectivity index (χ4n) is 2.66. The van der Waals surface area contributed by atoms with E-state index < -0.39 is 0 Å². The summed E-state index contributed by atoms with van der Waals surface area (Å²) in [5.74, 6) is 0.632. The molecule has 106 valence electrons. The molecule has 0 saturated carbocycles. The highest BCUT2D eigenvalue weighted by molar-refractivity contribution is 4.86. The van der Waals surface area contributed by atoms with Gasteiger partial charge in [0.25, 0.3) is 5.56 Å². The third kappa shape index (κ3) is 3.56. The summed E-state index contributed by atoms with van der Waals surface area (Å²) < 4.78 is 3.02. The van der Waals surface area contributed by atoms with E-state index in [1.807, 2.05) is 6.92 Å². The van der Waals surface area contributed by atoms with Crippen molar-refractivity contribution in [2.24, 2.45) is 5.92 Å². The molecule has 2 heterocycles. The van der Waals surface area contributed by atoms with E-state index in [2.05, 4.69) is 5.32 Å². The van der Waals surface area contributed by atoms with Crippen molar-refractivity contribution in [3.8, 4) is 0 Å². The zero-order chi connectivity index (χ0) is 13.7. The van der Waals surface area contributed by atoms with Gasteiger partial charge in [0.15, 0.2) is 0 Å². The van der Waals surface area contributed by atoms with Gasteiger partial charge < -0.3 is 9.88 Å². The van der Waals surface area contributed by atoms with E-state index in [9.17, 15) is 9.59 Å². The van der Waals surface area contributed by atoms with Crippen LogP contribution < -0.4 is 16.6 Å². The fourth-order valence-corrected chi connectivity index (χ4v) is 2.66. The smallest absolute Gasteiger partial charge is 0.317 e. The topological polar surface area (TPSA) is 56.0 Å². The van der Waals surface area contributed by atoms with Gasteiger partial charge in [-0.2, -0.15) is 0 Å². The molecule has 1 aliphatic heterocycles. The van der Waals surface area contributed by atoms with E-state index in [1.165, 1.54) is 10.6 Å². The number of piperidine rings is 1. The molecular formula is C14H23N3O2. The molecule has 2 rings (SSSR count). The number of rotatable bonds is 5. The molecule has 0 bridgehead atoms. The van der Waals surface area contributed by atoms with Crippen LogP contribution in [0.1, 0.15) is 32.6 Å². The van der Waals surface area contributed by atoms with Gasteiger partial charge in [-0.25, -0.2) is 4.79 Å². The van der Waals surface area contributed by atoms with Crippen LogP contribution in [-0.2, 0) is 13.1 Å². The highest BCUT2D eigenvalue weighted by Crippen LogP contribution is 2.15. The summed E-state index contributed by atoms with van der Waals surface area (Å²) in [4.78, 5) is 24.0. The minimum Gasteiger partial charge on any atom is -0.317 e. The highest BCUT2D eigenvalue weighted by Gasteiger charge is 2.14. The van der Waals surface area contributed by atoms with Gasteiger partial charge in [-0.3, -0.25) is 9.36 Å². The Kier molecular flexibility index (Phi) is 4.96. The first-order chi connectivity index (χ1) is 9.22. The van der Waals surface area contributed by atoms with Crippen LogP contribution in [0.25, 0.3) is 0 Å². The standard InChI is InChI=1S/C14H23N3O2/c1-2-9-16-10-6-13(18)17(14(16)19)11-5-12-3-7-15-8-4-12/h6,10,12,15H,2-5,7-9,11H2,1H3. The number of nitrogens with zero attached hydrogens (tertiary/aromatic N) is 2. The monoisotopic (exact) mass is 265 g/mol.